The summed E-state index contributed by atoms with van der Waals surface area (Å²) in [6, 6.07) is 8.54. The topological polar surface area (TPSA) is 62.8 Å². The molecule has 0 bridgehead atoms. The fourth-order valence-corrected chi connectivity index (χ4v) is 5.08. The minimum absolute atomic E-state index is 0.160. The minimum Gasteiger partial charge on any atom is -0.490 e. The van der Waals surface area contributed by atoms with Gasteiger partial charge in [0.2, 0.25) is 0 Å². The molecule has 0 spiro atoms. The van der Waals surface area contributed by atoms with Crippen molar-refractivity contribution in [2.75, 3.05) is 26.2 Å². The number of nitrogens with one attached hydrogen (secondary N) is 2. The van der Waals surface area contributed by atoms with Crippen molar-refractivity contribution in [3.05, 3.63) is 24.3 Å². The maximum Gasteiger partial charge on any atom is 0.407 e. The molecule has 162 valence electrons. The molecule has 2 fully saturated rings. The van der Waals surface area contributed by atoms with E-state index in [2.05, 4.69) is 39.0 Å². The molecule has 3 rings (SSSR count). The molecular formula is C22H35N3O3S. The van der Waals surface area contributed by atoms with Gasteiger partial charge in [0.1, 0.15) is 17.5 Å². The van der Waals surface area contributed by atoms with Crippen LogP contribution in [-0.4, -0.2) is 60.2 Å². The quantitative estimate of drug-likeness (QED) is 0.709. The van der Waals surface area contributed by atoms with Gasteiger partial charge in [0.05, 0.1) is 0 Å². The van der Waals surface area contributed by atoms with Crippen LogP contribution in [-0.2, 0) is 4.74 Å². The summed E-state index contributed by atoms with van der Waals surface area (Å²) in [4.78, 5) is 13.2. The van der Waals surface area contributed by atoms with Crippen LogP contribution in [0.5, 0.6) is 5.75 Å². The average Bonchev–Trinajstić information content (AvgIpc) is 2.67. The normalized spacial score (nSPS) is 20.8. The van der Waals surface area contributed by atoms with Gasteiger partial charge >= 0.3 is 6.09 Å². The lowest BCUT2D eigenvalue weighted by molar-refractivity contribution is 0.0490. The second-order valence-corrected chi connectivity index (χ2v) is 10.5. The Labute approximate surface area is 177 Å². The predicted octanol–water partition coefficient (Wildman–Crippen LogP) is 3.78. The second kappa shape index (κ2) is 9.96. The van der Waals surface area contributed by atoms with Crippen LogP contribution < -0.4 is 15.4 Å². The lowest BCUT2D eigenvalue weighted by atomic mass is 10.1. The molecule has 2 N–H and O–H groups in total. The molecule has 2 saturated heterocycles. The third-order valence-corrected chi connectivity index (χ3v) is 6.94. The Morgan fingerprint density at radius 3 is 2.55 bits per heavy atom. The van der Waals surface area contributed by atoms with Crippen LogP contribution in [0.15, 0.2) is 29.2 Å². The lowest BCUT2D eigenvalue weighted by Gasteiger charge is -2.34. The standard InChI is InChI=1S/C22H35N3O3S/c1-22(2,3)28-21(26)24-17-10-14-25(15-11-17)29(4)20-7-5-6-19(16-20)27-18-8-12-23-13-9-18/h5-7,16-18,23H,4,8-15H2,1-3H3,(H,24,26). The first kappa shape index (κ1) is 22.1. The van der Waals surface area contributed by atoms with Crippen LogP contribution in [0.3, 0.4) is 0 Å². The van der Waals surface area contributed by atoms with E-state index in [9.17, 15) is 4.79 Å². The Kier molecular flexibility index (Phi) is 7.60. The minimum atomic E-state index is -0.466. The summed E-state index contributed by atoms with van der Waals surface area (Å²) in [5, 5.41) is 6.37. The van der Waals surface area contributed by atoms with Crippen LogP contribution in [0.4, 0.5) is 4.79 Å². The van der Waals surface area contributed by atoms with Gasteiger partial charge in [-0.15, -0.1) is 0 Å². The average molecular weight is 422 g/mol. The molecule has 2 aliphatic heterocycles. The Bertz CT molecular complexity index is 705. The Morgan fingerprint density at radius 1 is 1.21 bits per heavy atom. The summed E-state index contributed by atoms with van der Waals surface area (Å²) >= 11 is 0. The monoisotopic (exact) mass is 421 g/mol. The summed E-state index contributed by atoms with van der Waals surface area (Å²) in [7, 11) is -0.233. The SMILES string of the molecule is C=S(c1cccc(OC2CCNCC2)c1)N1CCC(NC(=O)OC(C)(C)C)CC1. The van der Waals surface area contributed by atoms with Gasteiger partial charge in [-0.3, -0.25) is 4.31 Å². The number of alkyl carbamates (subject to hydrolysis) is 1. The van der Waals surface area contributed by atoms with Crippen LogP contribution in [0.1, 0.15) is 46.5 Å². The van der Waals surface area contributed by atoms with E-state index in [1.807, 2.05) is 26.8 Å². The molecule has 1 atom stereocenters. The number of carbonyl (C=O) groups is 1. The van der Waals surface area contributed by atoms with Crippen molar-refractivity contribution < 1.29 is 14.3 Å². The summed E-state index contributed by atoms with van der Waals surface area (Å²) < 4.78 is 14.0. The third-order valence-electron chi connectivity index (χ3n) is 5.15. The number of nitrogens with zero attached hydrogens (tertiary/aromatic N) is 1. The van der Waals surface area contributed by atoms with Gasteiger partial charge in [-0.25, -0.2) is 4.79 Å². The van der Waals surface area contributed by atoms with Crippen molar-refractivity contribution in [3.8, 4) is 5.75 Å². The van der Waals surface area contributed by atoms with Gasteiger partial charge in [0.15, 0.2) is 0 Å². The highest BCUT2D eigenvalue weighted by atomic mass is 32.2. The summed E-state index contributed by atoms with van der Waals surface area (Å²) in [5.41, 5.74) is -0.466. The van der Waals surface area contributed by atoms with Gasteiger partial charge in [-0.1, -0.05) is 22.6 Å². The van der Waals surface area contributed by atoms with Gasteiger partial charge in [-0.05, 0) is 77.7 Å². The highest BCUT2D eigenvalue weighted by molar-refractivity contribution is 8.12. The van der Waals surface area contributed by atoms with E-state index < -0.39 is 5.60 Å². The molecule has 1 unspecified atom stereocenters. The molecule has 6 nitrogen and oxygen atoms in total. The fourth-order valence-electron chi connectivity index (χ4n) is 3.64. The molecule has 0 aliphatic carbocycles. The van der Waals surface area contributed by atoms with Crippen LogP contribution in [0.25, 0.3) is 0 Å². The van der Waals surface area contributed by atoms with Crippen molar-refractivity contribution in [1.82, 2.24) is 14.9 Å². The summed E-state index contributed by atoms with van der Waals surface area (Å²) in [6.45, 7) is 9.51. The first-order chi connectivity index (χ1) is 13.8. The molecule has 0 saturated carbocycles. The van der Waals surface area contributed by atoms with E-state index in [1.165, 1.54) is 4.90 Å². The van der Waals surface area contributed by atoms with E-state index in [0.717, 1.165) is 57.6 Å². The zero-order chi connectivity index (χ0) is 20.9. The molecular weight excluding hydrogens is 386 g/mol. The highest BCUT2D eigenvalue weighted by Crippen LogP contribution is 2.34. The van der Waals surface area contributed by atoms with Crippen molar-refractivity contribution in [3.63, 3.8) is 0 Å². The van der Waals surface area contributed by atoms with E-state index >= 15 is 0 Å². The molecule has 2 aliphatic rings. The third kappa shape index (κ3) is 7.01. The zero-order valence-corrected chi connectivity index (χ0v) is 18.7. The van der Waals surface area contributed by atoms with Gasteiger partial charge in [0, 0.05) is 24.0 Å². The molecule has 1 aromatic rings. The van der Waals surface area contributed by atoms with Crippen molar-refractivity contribution >= 4 is 22.6 Å². The molecule has 1 amide bonds. The molecule has 0 radical (unpaired) electrons. The van der Waals surface area contributed by atoms with Gasteiger partial charge in [0.25, 0.3) is 0 Å². The molecule has 2 heterocycles. The number of amides is 1. The van der Waals surface area contributed by atoms with Gasteiger partial charge < -0.3 is 20.1 Å². The van der Waals surface area contributed by atoms with E-state index in [0.29, 0.717) is 6.10 Å². The van der Waals surface area contributed by atoms with Crippen molar-refractivity contribution in [2.45, 2.75) is 69.1 Å². The van der Waals surface area contributed by atoms with Crippen molar-refractivity contribution in [2.24, 2.45) is 0 Å². The van der Waals surface area contributed by atoms with Crippen LogP contribution in [0.2, 0.25) is 0 Å². The van der Waals surface area contributed by atoms with E-state index in [1.54, 1.807) is 0 Å². The van der Waals surface area contributed by atoms with E-state index in [-0.39, 0.29) is 22.8 Å². The Hall–Kier alpha value is -1.57. The smallest absolute Gasteiger partial charge is 0.407 e. The maximum absolute atomic E-state index is 12.0. The molecule has 0 aromatic heterocycles. The Morgan fingerprint density at radius 2 is 1.90 bits per heavy atom. The molecule has 29 heavy (non-hydrogen) atoms. The number of hydrogen-bond donors (Lipinski definition) is 2. The summed E-state index contributed by atoms with van der Waals surface area (Å²) in [5.74, 6) is 5.37. The lowest BCUT2D eigenvalue weighted by Crippen LogP contribution is -2.44. The first-order valence-corrected chi connectivity index (χ1v) is 11.9. The number of hydrogen-bond acceptors (Lipinski definition) is 5. The fraction of sp³-hybridized carbons (Fsp3) is 0.636. The van der Waals surface area contributed by atoms with Gasteiger partial charge in [-0.2, -0.15) is 0 Å². The Balaban J connectivity index is 1.50. The van der Waals surface area contributed by atoms with Crippen LogP contribution >= 0.6 is 10.7 Å². The number of ether oxygens (including phenoxy) is 2. The second-order valence-electron chi connectivity index (χ2n) is 8.76. The van der Waals surface area contributed by atoms with E-state index in [4.69, 9.17) is 9.47 Å². The predicted molar refractivity (Wildman–Crippen MR) is 120 cm³/mol. The summed E-state index contributed by atoms with van der Waals surface area (Å²) in [6.07, 6.45) is 3.89. The highest BCUT2D eigenvalue weighted by Gasteiger charge is 2.25. The molecule has 7 heteroatoms. The first-order valence-electron chi connectivity index (χ1n) is 10.6. The maximum atomic E-state index is 12.0. The number of rotatable bonds is 5. The number of piperidine rings is 2. The van der Waals surface area contributed by atoms with Crippen LogP contribution in [0, 0.1) is 0 Å². The number of carbonyl (C=O) groups excluding carboxylic acids is 1. The largest absolute Gasteiger partial charge is 0.490 e. The molecule has 1 aromatic carbocycles. The van der Waals surface area contributed by atoms with Crippen molar-refractivity contribution in [1.29, 1.82) is 0 Å². The number of benzene rings is 1. The zero-order valence-electron chi connectivity index (χ0n) is 17.9.